The van der Waals surface area contributed by atoms with Gasteiger partial charge >= 0.3 is 0 Å². The molecule has 0 bridgehead atoms. The maximum atomic E-state index is 3.57. The monoisotopic (exact) mass is 299 g/mol. The lowest BCUT2D eigenvalue weighted by Crippen LogP contribution is -2.09. The summed E-state index contributed by atoms with van der Waals surface area (Å²) in [5, 5.41) is 7.01. The molecular formula is C17H21N3S. The first kappa shape index (κ1) is 14.1. The van der Waals surface area contributed by atoms with Crippen molar-refractivity contribution in [3.05, 3.63) is 36.4 Å². The first-order valence-corrected chi connectivity index (χ1v) is 8.13. The van der Waals surface area contributed by atoms with Crippen molar-refractivity contribution in [2.45, 2.75) is 23.1 Å². The Hall–Kier alpha value is -1.81. The highest BCUT2D eigenvalue weighted by molar-refractivity contribution is 7.99. The zero-order chi connectivity index (χ0) is 14.8. The van der Waals surface area contributed by atoms with E-state index in [4.69, 9.17) is 0 Å². The summed E-state index contributed by atoms with van der Waals surface area (Å²) in [6, 6.07) is 13.1. The maximum absolute atomic E-state index is 3.57. The Labute approximate surface area is 130 Å². The zero-order valence-electron chi connectivity index (χ0n) is 12.7. The minimum absolute atomic E-state index is 1.01. The Morgan fingerprint density at radius 3 is 2.48 bits per heavy atom. The molecule has 0 saturated heterocycles. The normalized spacial score (nSPS) is 12.1. The third-order valence-electron chi connectivity index (χ3n) is 3.53. The lowest BCUT2D eigenvalue weighted by Gasteiger charge is -2.23. The van der Waals surface area contributed by atoms with E-state index in [1.54, 1.807) is 0 Å². The summed E-state index contributed by atoms with van der Waals surface area (Å²) in [6.45, 7) is 3.19. The van der Waals surface area contributed by atoms with E-state index in [-0.39, 0.29) is 0 Å². The van der Waals surface area contributed by atoms with Gasteiger partial charge in [-0.05, 0) is 42.8 Å². The number of benzene rings is 2. The Morgan fingerprint density at radius 2 is 1.76 bits per heavy atom. The molecule has 0 fully saturated rings. The molecule has 2 aromatic carbocycles. The molecule has 1 aliphatic heterocycles. The number of nitrogens with one attached hydrogen (secondary N) is 2. The van der Waals surface area contributed by atoms with Crippen LogP contribution < -0.4 is 15.5 Å². The fourth-order valence-corrected chi connectivity index (χ4v) is 3.29. The number of hydrogen-bond acceptors (Lipinski definition) is 4. The van der Waals surface area contributed by atoms with Gasteiger partial charge in [-0.3, -0.25) is 0 Å². The van der Waals surface area contributed by atoms with Crippen molar-refractivity contribution in [2.24, 2.45) is 0 Å². The van der Waals surface area contributed by atoms with Gasteiger partial charge in [-0.25, -0.2) is 0 Å². The second kappa shape index (κ2) is 5.90. The van der Waals surface area contributed by atoms with E-state index < -0.39 is 0 Å². The standard InChI is InChI=1S/C17H21N3S/c1-4-9-18-12-5-7-16-14(10-12)19-15-11-13(20(2)3)6-8-17(15)21-16/h5-8,10-11,18-19H,4,9H2,1-3H3. The summed E-state index contributed by atoms with van der Waals surface area (Å²) in [7, 11) is 4.14. The Kier molecular flexibility index (Phi) is 3.97. The minimum atomic E-state index is 1.01. The van der Waals surface area contributed by atoms with Crippen LogP contribution in [0.2, 0.25) is 0 Å². The number of rotatable bonds is 4. The predicted octanol–water partition coefficient (Wildman–Crippen LogP) is 4.78. The van der Waals surface area contributed by atoms with Crippen LogP contribution in [0.15, 0.2) is 46.2 Å². The van der Waals surface area contributed by atoms with Crippen LogP contribution in [0.1, 0.15) is 13.3 Å². The van der Waals surface area contributed by atoms with Gasteiger partial charge in [0.2, 0.25) is 0 Å². The van der Waals surface area contributed by atoms with E-state index in [9.17, 15) is 0 Å². The fraction of sp³-hybridized carbons (Fsp3) is 0.294. The topological polar surface area (TPSA) is 27.3 Å². The number of anilines is 4. The number of hydrogen-bond donors (Lipinski definition) is 2. The van der Waals surface area contributed by atoms with E-state index in [0.29, 0.717) is 0 Å². The van der Waals surface area contributed by atoms with Crippen LogP contribution in [0.3, 0.4) is 0 Å². The third-order valence-corrected chi connectivity index (χ3v) is 4.68. The molecule has 3 nitrogen and oxygen atoms in total. The van der Waals surface area contributed by atoms with Gasteiger partial charge in [0.25, 0.3) is 0 Å². The summed E-state index contributed by atoms with van der Waals surface area (Å²) in [6.07, 6.45) is 1.13. The van der Waals surface area contributed by atoms with Gasteiger partial charge in [-0.1, -0.05) is 18.7 Å². The zero-order valence-corrected chi connectivity index (χ0v) is 13.6. The van der Waals surface area contributed by atoms with Gasteiger partial charge in [0, 0.05) is 41.8 Å². The third kappa shape index (κ3) is 2.95. The van der Waals surface area contributed by atoms with Crippen molar-refractivity contribution >= 4 is 34.5 Å². The van der Waals surface area contributed by atoms with Gasteiger partial charge in [0.15, 0.2) is 0 Å². The van der Waals surface area contributed by atoms with Gasteiger partial charge in [-0.15, -0.1) is 0 Å². The second-order valence-electron chi connectivity index (χ2n) is 5.44. The molecule has 0 aromatic heterocycles. The van der Waals surface area contributed by atoms with Crippen molar-refractivity contribution in [1.29, 1.82) is 0 Å². The van der Waals surface area contributed by atoms with Crippen LogP contribution in [-0.4, -0.2) is 20.6 Å². The first-order valence-electron chi connectivity index (χ1n) is 7.31. The summed E-state index contributed by atoms with van der Waals surface area (Å²) in [4.78, 5) is 4.69. The van der Waals surface area contributed by atoms with Crippen LogP contribution >= 0.6 is 11.8 Å². The van der Waals surface area contributed by atoms with Crippen molar-refractivity contribution < 1.29 is 0 Å². The molecule has 0 unspecified atom stereocenters. The summed E-state index contributed by atoms with van der Waals surface area (Å²) in [5.74, 6) is 0. The predicted molar refractivity (Wildman–Crippen MR) is 93.4 cm³/mol. The second-order valence-corrected chi connectivity index (χ2v) is 6.52. The van der Waals surface area contributed by atoms with Gasteiger partial charge < -0.3 is 15.5 Å². The van der Waals surface area contributed by atoms with Crippen LogP contribution in [0.5, 0.6) is 0 Å². The molecule has 21 heavy (non-hydrogen) atoms. The molecule has 3 rings (SSSR count). The van der Waals surface area contributed by atoms with Crippen LogP contribution in [0.25, 0.3) is 0 Å². The molecule has 0 spiro atoms. The van der Waals surface area contributed by atoms with E-state index in [1.165, 1.54) is 32.5 Å². The number of nitrogens with zero attached hydrogens (tertiary/aromatic N) is 1. The maximum Gasteiger partial charge on any atom is 0.0547 e. The molecule has 4 heteroatoms. The van der Waals surface area contributed by atoms with Crippen molar-refractivity contribution in [3.63, 3.8) is 0 Å². The van der Waals surface area contributed by atoms with Gasteiger partial charge in [0.1, 0.15) is 0 Å². The molecule has 110 valence electrons. The molecule has 1 aliphatic rings. The average molecular weight is 299 g/mol. The number of fused-ring (bicyclic) bond motifs is 2. The van der Waals surface area contributed by atoms with Gasteiger partial charge in [-0.2, -0.15) is 0 Å². The molecule has 0 radical (unpaired) electrons. The molecule has 2 aromatic rings. The highest BCUT2D eigenvalue weighted by Gasteiger charge is 2.16. The smallest absolute Gasteiger partial charge is 0.0547 e. The molecule has 0 aliphatic carbocycles. The van der Waals surface area contributed by atoms with Crippen molar-refractivity contribution in [3.8, 4) is 0 Å². The average Bonchev–Trinajstić information content (AvgIpc) is 2.50. The first-order chi connectivity index (χ1) is 10.2. The molecule has 1 heterocycles. The molecular weight excluding hydrogens is 278 g/mol. The quantitative estimate of drug-likeness (QED) is 0.725. The van der Waals surface area contributed by atoms with Crippen LogP contribution in [-0.2, 0) is 0 Å². The lowest BCUT2D eigenvalue weighted by molar-refractivity contribution is 0.979. The lowest BCUT2D eigenvalue weighted by atomic mass is 10.2. The minimum Gasteiger partial charge on any atom is -0.385 e. The molecule has 2 N–H and O–H groups in total. The van der Waals surface area contributed by atoms with E-state index in [1.807, 2.05) is 11.8 Å². The SMILES string of the molecule is CCCNc1ccc2c(c1)Nc1cc(N(C)C)ccc1S2. The molecule has 0 amide bonds. The molecule has 0 atom stereocenters. The summed E-state index contributed by atoms with van der Waals surface area (Å²) in [5.41, 5.74) is 4.76. The summed E-state index contributed by atoms with van der Waals surface area (Å²) >= 11 is 1.83. The molecule has 0 saturated carbocycles. The Bertz CT molecular complexity index is 652. The summed E-state index contributed by atoms with van der Waals surface area (Å²) < 4.78 is 0. The fourth-order valence-electron chi connectivity index (χ4n) is 2.34. The highest BCUT2D eigenvalue weighted by atomic mass is 32.2. The van der Waals surface area contributed by atoms with Crippen LogP contribution in [0, 0.1) is 0 Å². The highest BCUT2D eigenvalue weighted by Crippen LogP contribution is 2.45. The van der Waals surface area contributed by atoms with Crippen molar-refractivity contribution in [2.75, 3.05) is 36.2 Å². The van der Waals surface area contributed by atoms with Crippen molar-refractivity contribution in [1.82, 2.24) is 0 Å². The van der Waals surface area contributed by atoms with E-state index in [2.05, 4.69) is 73.0 Å². The Balaban J connectivity index is 1.88. The van der Waals surface area contributed by atoms with Crippen LogP contribution in [0.4, 0.5) is 22.7 Å². The van der Waals surface area contributed by atoms with E-state index in [0.717, 1.165) is 13.0 Å². The van der Waals surface area contributed by atoms with E-state index >= 15 is 0 Å². The largest absolute Gasteiger partial charge is 0.385 e. The Morgan fingerprint density at radius 1 is 1.05 bits per heavy atom. The van der Waals surface area contributed by atoms with Gasteiger partial charge in [0.05, 0.1) is 11.4 Å².